The van der Waals surface area contributed by atoms with Crippen molar-refractivity contribution in [2.75, 3.05) is 7.11 Å². The van der Waals surface area contributed by atoms with Gasteiger partial charge in [0.05, 0.1) is 7.11 Å². The fourth-order valence-corrected chi connectivity index (χ4v) is 2.53. The average molecular weight is 340 g/mol. The van der Waals surface area contributed by atoms with Crippen LogP contribution in [0.3, 0.4) is 0 Å². The Balaban J connectivity index is 1.96. The van der Waals surface area contributed by atoms with Crippen LogP contribution in [-0.4, -0.2) is 24.5 Å². The zero-order chi connectivity index (χ0) is 14.9. The molecule has 1 aliphatic carbocycles. The van der Waals surface area contributed by atoms with Gasteiger partial charge in [0.1, 0.15) is 5.54 Å². The van der Waals surface area contributed by atoms with Gasteiger partial charge in [0.25, 0.3) is 0 Å². The molecule has 0 bridgehead atoms. The first-order chi connectivity index (χ1) is 9.35. The highest BCUT2D eigenvalue weighted by Crippen LogP contribution is 2.47. The van der Waals surface area contributed by atoms with Gasteiger partial charge in [-0.1, -0.05) is 28.1 Å². The van der Waals surface area contributed by atoms with E-state index >= 15 is 0 Å². The molecule has 108 valence electrons. The van der Waals surface area contributed by atoms with Gasteiger partial charge in [-0.3, -0.25) is 4.79 Å². The van der Waals surface area contributed by atoms with E-state index < -0.39 is 11.5 Å². The van der Waals surface area contributed by atoms with Crippen molar-refractivity contribution in [3.05, 3.63) is 34.3 Å². The predicted octanol–water partition coefficient (Wildman–Crippen LogP) is 2.62. The van der Waals surface area contributed by atoms with Crippen LogP contribution in [0.25, 0.3) is 0 Å². The molecule has 0 unspecified atom stereocenters. The van der Waals surface area contributed by atoms with Crippen LogP contribution in [-0.2, 0) is 14.3 Å². The van der Waals surface area contributed by atoms with E-state index in [-0.39, 0.29) is 17.7 Å². The molecule has 5 heteroatoms. The van der Waals surface area contributed by atoms with E-state index in [9.17, 15) is 9.59 Å². The second kappa shape index (κ2) is 5.56. The molecule has 2 rings (SSSR count). The monoisotopic (exact) mass is 339 g/mol. The Morgan fingerprint density at radius 2 is 1.90 bits per heavy atom. The van der Waals surface area contributed by atoms with Crippen molar-refractivity contribution < 1.29 is 14.3 Å². The van der Waals surface area contributed by atoms with Gasteiger partial charge in [-0.05, 0) is 43.9 Å². The molecule has 0 radical (unpaired) electrons. The van der Waals surface area contributed by atoms with E-state index in [2.05, 4.69) is 26.0 Å². The summed E-state index contributed by atoms with van der Waals surface area (Å²) < 4.78 is 5.70. The minimum Gasteiger partial charge on any atom is -0.467 e. The van der Waals surface area contributed by atoms with Crippen LogP contribution in [0.2, 0.25) is 0 Å². The highest BCUT2D eigenvalue weighted by molar-refractivity contribution is 9.10. The second-order valence-corrected chi connectivity index (χ2v) is 6.52. The lowest BCUT2D eigenvalue weighted by Gasteiger charge is -2.23. The second-order valence-electron chi connectivity index (χ2n) is 5.61. The summed E-state index contributed by atoms with van der Waals surface area (Å²) in [6, 6.07) is 7.99. The summed E-state index contributed by atoms with van der Waals surface area (Å²) >= 11 is 3.39. The first kappa shape index (κ1) is 15.0. The van der Waals surface area contributed by atoms with Crippen LogP contribution >= 0.6 is 15.9 Å². The Bertz CT molecular complexity index is 524. The van der Waals surface area contributed by atoms with Gasteiger partial charge in [-0.2, -0.15) is 0 Å². The molecule has 0 aromatic heterocycles. The summed E-state index contributed by atoms with van der Waals surface area (Å²) in [6.07, 6.45) is 0.824. The molecule has 4 nitrogen and oxygen atoms in total. The first-order valence-electron chi connectivity index (χ1n) is 6.51. The molecule has 0 spiro atoms. The summed E-state index contributed by atoms with van der Waals surface area (Å²) in [5.41, 5.74) is 0.169. The predicted molar refractivity (Wildman–Crippen MR) is 79.2 cm³/mol. The van der Waals surface area contributed by atoms with E-state index in [0.29, 0.717) is 0 Å². The van der Waals surface area contributed by atoms with Gasteiger partial charge in [0.15, 0.2) is 0 Å². The molecular weight excluding hydrogens is 322 g/mol. The maximum Gasteiger partial charge on any atom is 0.330 e. The Morgan fingerprint density at radius 3 is 2.45 bits per heavy atom. The van der Waals surface area contributed by atoms with Crippen molar-refractivity contribution in [2.24, 2.45) is 5.92 Å². The third-order valence-electron chi connectivity index (χ3n) is 3.56. The van der Waals surface area contributed by atoms with E-state index in [1.807, 2.05) is 24.3 Å². The zero-order valence-corrected chi connectivity index (χ0v) is 13.4. The van der Waals surface area contributed by atoms with Crippen LogP contribution in [0.15, 0.2) is 28.7 Å². The van der Waals surface area contributed by atoms with Crippen LogP contribution in [0.1, 0.15) is 31.7 Å². The molecular formula is C15H18BrNO3. The number of methoxy groups -OCH3 is 1. The number of ether oxygens (including phenoxy) is 1. The fourth-order valence-electron chi connectivity index (χ4n) is 2.27. The number of halogens is 1. The molecule has 1 saturated carbocycles. The zero-order valence-electron chi connectivity index (χ0n) is 11.8. The fraction of sp³-hybridized carbons (Fsp3) is 0.467. The van der Waals surface area contributed by atoms with Crippen molar-refractivity contribution in [2.45, 2.75) is 31.7 Å². The quantitative estimate of drug-likeness (QED) is 0.858. The molecule has 1 aromatic carbocycles. The number of amides is 1. The number of nitrogens with one attached hydrogen (secondary N) is 1. The van der Waals surface area contributed by atoms with Crippen LogP contribution in [0.5, 0.6) is 0 Å². The van der Waals surface area contributed by atoms with Crippen molar-refractivity contribution in [3.63, 3.8) is 0 Å². The minimum absolute atomic E-state index is 0.0555. The first-order valence-corrected chi connectivity index (χ1v) is 7.30. The van der Waals surface area contributed by atoms with Gasteiger partial charge in [-0.25, -0.2) is 4.79 Å². The number of carbonyl (C=O) groups excluding carboxylic acids is 2. The Hall–Kier alpha value is -1.36. The summed E-state index contributed by atoms with van der Waals surface area (Å²) in [4.78, 5) is 23.7. The summed E-state index contributed by atoms with van der Waals surface area (Å²) in [6.45, 7) is 3.29. The maximum absolute atomic E-state index is 12.2. The molecule has 2 atom stereocenters. The lowest BCUT2D eigenvalue weighted by molar-refractivity contribution is -0.149. The summed E-state index contributed by atoms with van der Waals surface area (Å²) in [5.74, 6) is -0.336. The van der Waals surface area contributed by atoms with Gasteiger partial charge < -0.3 is 10.1 Å². The van der Waals surface area contributed by atoms with Crippen molar-refractivity contribution in [1.29, 1.82) is 0 Å². The van der Waals surface area contributed by atoms with Gasteiger partial charge in [-0.15, -0.1) is 0 Å². The van der Waals surface area contributed by atoms with Crippen LogP contribution in [0.4, 0.5) is 0 Å². The number of rotatable bonds is 4. The summed E-state index contributed by atoms with van der Waals surface area (Å²) in [5, 5.41) is 2.76. The van der Waals surface area contributed by atoms with Gasteiger partial charge in [0.2, 0.25) is 5.91 Å². The van der Waals surface area contributed by atoms with E-state index in [1.54, 1.807) is 13.8 Å². The smallest absolute Gasteiger partial charge is 0.330 e. The molecule has 0 heterocycles. The molecule has 0 aliphatic heterocycles. The van der Waals surface area contributed by atoms with E-state index in [4.69, 9.17) is 0 Å². The highest BCUT2D eigenvalue weighted by Gasteiger charge is 2.46. The molecule has 1 N–H and O–H groups in total. The number of esters is 1. The minimum atomic E-state index is -0.987. The molecule has 1 amide bonds. The number of hydrogen-bond donors (Lipinski definition) is 1. The van der Waals surface area contributed by atoms with Crippen molar-refractivity contribution in [3.8, 4) is 0 Å². The normalized spacial score (nSPS) is 21.2. The lowest BCUT2D eigenvalue weighted by atomic mass is 10.0. The maximum atomic E-state index is 12.2. The Morgan fingerprint density at radius 1 is 1.30 bits per heavy atom. The lowest BCUT2D eigenvalue weighted by Crippen LogP contribution is -2.51. The van der Waals surface area contributed by atoms with Gasteiger partial charge >= 0.3 is 5.97 Å². The topological polar surface area (TPSA) is 55.4 Å². The van der Waals surface area contributed by atoms with Crippen molar-refractivity contribution >= 4 is 27.8 Å². The number of carbonyl (C=O) groups is 2. The average Bonchev–Trinajstić information content (AvgIpc) is 3.18. The third-order valence-corrected chi connectivity index (χ3v) is 4.09. The number of benzene rings is 1. The van der Waals surface area contributed by atoms with Crippen molar-refractivity contribution in [1.82, 2.24) is 5.32 Å². The third kappa shape index (κ3) is 3.20. The summed E-state index contributed by atoms with van der Waals surface area (Å²) in [7, 11) is 1.32. The largest absolute Gasteiger partial charge is 0.467 e. The molecule has 1 aliphatic rings. The Kier molecular flexibility index (Phi) is 4.18. The van der Waals surface area contributed by atoms with E-state index in [0.717, 1.165) is 16.5 Å². The van der Waals surface area contributed by atoms with E-state index in [1.165, 1.54) is 7.11 Å². The SMILES string of the molecule is COC(=O)C(C)(C)NC(=O)[C@@H]1C[C@@H]1c1ccc(Br)cc1. The van der Waals surface area contributed by atoms with Gasteiger partial charge in [0, 0.05) is 10.4 Å². The molecule has 1 fully saturated rings. The number of hydrogen-bond acceptors (Lipinski definition) is 3. The standard InChI is InChI=1S/C15H18BrNO3/c1-15(2,14(19)20-3)17-13(18)12-8-11(12)9-4-6-10(16)7-5-9/h4-7,11-12H,8H2,1-3H3,(H,17,18)/t11-,12-/m1/s1. The molecule has 1 aromatic rings. The Labute approximate surface area is 127 Å². The molecule has 20 heavy (non-hydrogen) atoms. The molecule has 0 saturated heterocycles. The van der Waals surface area contributed by atoms with Crippen LogP contribution in [0, 0.1) is 5.92 Å². The highest BCUT2D eigenvalue weighted by atomic mass is 79.9. The van der Waals surface area contributed by atoms with Crippen LogP contribution < -0.4 is 5.32 Å².